The number of hydrogen-bond acceptors (Lipinski definition) is 20. The predicted molar refractivity (Wildman–Crippen MR) is 288 cm³/mol. The Morgan fingerprint density at radius 3 is 1.13 bits per heavy atom. The Morgan fingerprint density at radius 1 is 0.481 bits per heavy atom. The number of carboxylic acids is 2. The van der Waals surface area contributed by atoms with Crippen LogP contribution in [-0.4, -0.2) is 217 Å². The molecule has 0 aromatic heterocycles. The van der Waals surface area contributed by atoms with E-state index in [-0.39, 0.29) is 52.9 Å². The van der Waals surface area contributed by atoms with E-state index in [1.165, 1.54) is 12.2 Å². The van der Waals surface area contributed by atoms with Crippen molar-refractivity contribution < 1.29 is 100 Å². The molecule has 1 heterocycles. The number of nitrogens with one attached hydrogen (secondary N) is 1. The third-order valence-electron chi connectivity index (χ3n) is 8.60. The summed E-state index contributed by atoms with van der Waals surface area (Å²) >= 11 is 0. The molecular formula is C55H85NO21. The smallest absolute Gasteiger partial charge is 0.346 e. The van der Waals surface area contributed by atoms with E-state index in [1.807, 2.05) is 25.1 Å². The van der Waals surface area contributed by atoms with Crippen molar-refractivity contribution in [3.63, 3.8) is 0 Å². The highest BCUT2D eigenvalue weighted by molar-refractivity contribution is 5.99. The van der Waals surface area contributed by atoms with Crippen molar-refractivity contribution in [1.82, 2.24) is 5.32 Å². The van der Waals surface area contributed by atoms with Gasteiger partial charge in [-0.05, 0) is 24.6 Å². The van der Waals surface area contributed by atoms with Crippen molar-refractivity contribution >= 4 is 23.9 Å². The fraction of sp³-hybridized carbons (Fsp3) is 0.527. The van der Waals surface area contributed by atoms with Crippen LogP contribution in [0.3, 0.4) is 0 Å². The SMILES string of the molecule is C=CCOCCNCCOCC=C.C=CCOCCOC(C(=O)O)C(OCCOCC=C)C(=O)O.C=CCOCCOC1C(=O)OC(=O)C1OCCOCC=C.C=CCOCCOc1ccc(C)cc1OCCOCC=C. The first kappa shape index (κ1) is 73.4. The molecule has 1 saturated heterocycles. The number of esters is 2. The number of benzene rings is 1. The van der Waals surface area contributed by atoms with Crippen molar-refractivity contribution in [3.05, 3.63) is 125 Å². The molecule has 436 valence electrons. The predicted octanol–water partition coefficient (Wildman–Crippen LogP) is 4.72. The number of hydrogen-bond donors (Lipinski definition) is 3. The molecule has 0 amide bonds. The topological polar surface area (TPSA) is 259 Å². The molecule has 0 saturated carbocycles. The molecule has 3 N–H and O–H groups in total. The molecule has 2 rings (SSSR count). The molecule has 4 unspecified atom stereocenters. The van der Waals surface area contributed by atoms with Gasteiger partial charge in [-0.3, -0.25) is 0 Å². The minimum atomic E-state index is -1.63. The number of aryl methyl sites for hydroxylation is 1. The van der Waals surface area contributed by atoms with Crippen LogP contribution in [-0.2, 0) is 80.8 Å². The zero-order valence-corrected chi connectivity index (χ0v) is 44.9. The Morgan fingerprint density at radius 2 is 0.792 bits per heavy atom. The van der Waals surface area contributed by atoms with Crippen molar-refractivity contribution in [2.45, 2.75) is 31.3 Å². The van der Waals surface area contributed by atoms with Gasteiger partial charge in [-0.2, -0.15) is 0 Å². The van der Waals surface area contributed by atoms with Gasteiger partial charge in [-0.15, -0.1) is 52.6 Å². The van der Waals surface area contributed by atoms with Crippen LogP contribution in [0.5, 0.6) is 11.5 Å². The van der Waals surface area contributed by atoms with Crippen molar-refractivity contribution in [2.24, 2.45) is 0 Å². The third-order valence-corrected chi connectivity index (χ3v) is 8.60. The Kier molecular flexibility index (Phi) is 52.5. The zero-order chi connectivity index (χ0) is 57.4. The molecule has 1 aromatic carbocycles. The maximum Gasteiger partial charge on any atom is 0.346 e. The number of rotatable bonds is 49. The zero-order valence-electron chi connectivity index (χ0n) is 44.9. The van der Waals surface area contributed by atoms with Gasteiger partial charge in [-0.25, -0.2) is 19.2 Å². The van der Waals surface area contributed by atoms with Gasteiger partial charge in [0.1, 0.15) is 13.2 Å². The van der Waals surface area contributed by atoms with Crippen LogP contribution in [0.15, 0.2) is 119 Å². The molecule has 0 radical (unpaired) electrons. The van der Waals surface area contributed by atoms with E-state index in [4.69, 9.17) is 76.5 Å². The van der Waals surface area contributed by atoms with E-state index in [2.05, 4.69) is 62.7 Å². The van der Waals surface area contributed by atoms with Gasteiger partial charge < -0.3 is 86.6 Å². The first-order chi connectivity index (χ1) is 37.4. The number of cyclic esters (lactones) is 2. The van der Waals surface area contributed by atoms with Crippen LogP contribution in [0.25, 0.3) is 0 Å². The van der Waals surface area contributed by atoms with Gasteiger partial charge in [-0.1, -0.05) is 54.7 Å². The number of carbonyl (C=O) groups is 4. The summed E-state index contributed by atoms with van der Waals surface area (Å²) in [6.45, 7) is 39.9. The molecule has 1 aromatic rings. The number of ether oxygens (including phenoxy) is 15. The lowest BCUT2D eigenvalue weighted by Gasteiger charge is -2.21. The van der Waals surface area contributed by atoms with E-state index in [9.17, 15) is 19.2 Å². The second kappa shape index (κ2) is 55.1. The van der Waals surface area contributed by atoms with E-state index in [1.54, 1.807) is 36.5 Å². The lowest BCUT2D eigenvalue weighted by molar-refractivity contribution is -0.178. The molecule has 77 heavy (non-hydrogen) atoms. The van der Waals surface area contributed by atoms with Gasteiger partial charge >= 0.3 is 23.9 Å². The number of carboxylic acid groups (broad SMARTS) is 2. The Labute approximate surface area is 454 Å². The van der Waals surface area contributed by atoms with Crippen LogP contribution in [0.1, 0.15) is 5.56 Å². The standard InChI is InChI=1S/C17H24O4.C14H22O8.C14H20O7.C10H19NO2/c1-4-8-18-10-12-20-16-7-6-15(3)14-17(16)21-13-11-19-9-5-2;1-3-5-19-7-9-21-11(13(15)16)12(14(17)18)22-10-8-20-6-4-2;1-3-5-17-7-9-19-11-12(14(16)21-13(11)15)20-10-8-18-6-4-2;1-3-7-12-9-5-11-6-10-13-8-4-2/h4-7,14H,1-2,8-13H2,3H3;3-4,11-12H,1-2,5-10H2,(H,15,16)(H,17,18);3-4,11-12H,1-2,5-10H2;3-4,11H,1-2,5-10H2. The van der Waals surface area contributed by atoms with Crippen molar-refractivity contribution in [2.75, 3.05) is 158 Å². The lowest BCUT2D eigenvalue weighted by atomic mass is 10.2. The highest BCUT2D eigenvalue weighted by atomic mass is 16.7. The first-order valence-corrected chi connectivity index (χ1v) is 24.7. The lowest BCUT2D eigenvalue weighted by Crippen LogP contribution is -2.44. The minimum Gasteiger partial charge on any atom is -0.487 e. The van der Waals surface area contributed by atoms with Gasteiger partial charge in [0.2, 0.25) is 0 Å². The normalized spacial score (nSPS) is 14.0. The number of carbonyl (C=O) groups excluding carboxylic acids is 2. The molecule has 1 fully saturated rings. The van der Waals surface area contributed by atoms with Crippen LogP contribution >= 0.6 is 0 Å². The average Bonchev–Trinajstić information content (AvgIpc) is 3.68. The Balaban J connectivity index is 0. The summed E-state index contributed by atoms with van der Waals surface area (Å²) in [5, 5.41) is 21.3. The summed E-state index contributed by atoms with van der Waals surface area (Å²) in [5.41, 5.74) is 1.12. The maximum absolute atomic E-state index is 11.5. The van der Waals surface area contributed by atoms with Gasteiger partial charge in [0.05, 0.1) is 132 Å². The van der Waals surface area contributed by atoms with Crippen LogP contribution in [0.2, 0.25) is 0 Å². The maximum atomic E-state index is 11.5. The van der Waals surface area contributed by atoms with E-state index < -0.39 is 48.3 Å². The summed E-state index contributed by atoms with van der Waals surface area (Å²) in [6, 6.07) is 5.84. The molecule has 22 nitrogen and oxygen atoms in total. The van der Waals surface area contributed by atoms with Crippen LogP contribution in [0.4, 0.5) is 0 Å². The summed E-state index contributed by atoms with van der Waals surface area (Å²) < 4.78 is 77.7. The Bertz CT molecular complexity index is 1680. The van der Waals surface area contributed by atoms with E-state index in [0.29, 0.717) is 98.2 Å². The quantitative estimate of drug-likeness (QED) is 0.0345. The van der Waals surface area contributed by atoms with Crippen LogP contribution in [0, 0.1) is 6.92 Å². The summed E-state index contributed by atoms with van der Waals surface area (Å²) in [6.07, 6.45) is 7.77. The van der Waals surface area contributed by atoms with E-state index in [0.717, 1.165) is 24.4 Å². The second-order valence-electron chi connectivity index (χ2n) is 14.9. The van der Waals surface area contributed by atoms with Gasteiger partial charge in [0, 0.05) is 13.1 Å². The summed E-state index contributed by atoms with van der Waals surface area (Å²) in [4.78, 5) is 45.3. The third kappa shape index (κ3) is 43.0. The molecule has 0 aliphatic carbocycles. The van der Waals surface area contributed by atoms with Gasteiger partial charge in [0.25, 0.3) is 0 Å². The summed E-state index contributed by atoms with van der Waals surface area (Å²) in [5.74, 6) is -2.92. The largest absolute Gasteiger partial charge is 0.487 e. The van der Waals surface area contributed by atoms with E-state index >= 15 is 0 Å². The highest BCUT2D eigenvalue weighted by Crippen LogP contribution is 2.28. The molecule has 0 spiro atoms. The van der Waals surface area contributed by atoms with Crippen LogP contribution < -0.4 is 14.8 Å². The van der Waals surface area contributed by atoms with Crippen molar-refractivity contribution in [1.29, 1.82) is 0 Å². The molecule has 1 aliphatic rings. The monoisotopic (exact) mass is 1100 g/mol. The fourth-order valence-electron chi connectivity index (χ4n) is 5.30. The Hall–Kier alpha value is -5.70. The summed E-state index contributed by atoms with van der Waals surface area (Å²) in [7, 11) is 0. The molecule has 1 aliphatic heterocycles. The minimum absolute atomic E-state index is 0.0785. The first-order valence-electron chi connectivity index (χ1n) is 24.7. The highest BCUT2D eigenvalue weighted by Gasteiger charge is 2.46. The van der Waals surface area contributed by atoms with Crippen molar-refractivity contribution in [3.8, 4) is 11.5 Å². The molecular weight excluding hydrogens is 1010 g/mol. The second-order valence-corrected chi connectivity index (χ2v) is 14.9. The number of aliphatic carboxylic acids is 2. The van der Waals surface area contributed by atoms with Gasteiger partial charge in [0.15, 0.2) is 35.9 Å². The molecule has 4 atom stereocenters. The molecule has 22 heteroatoms. The average molecular weight is 1100 g/mol. The molecule has 0 bridgehead atoms. The fourth-order valence-corrected chi connectivity index (χ4v) is 5.30.